The van der Waals surface area contributed by atoms with Crippen LogP contribution in [0.5, 0.6) is 11.5 Å². The number of hydrogen-bond donors (Lipinski definition) is 1. The summed E-state index contributed by atoms with van der Waals surface area (Å²) in [5, 5.41) is 3.32. The van der Waals surface area contributed by atoms with Crippen LogP contribution >= 0.6 is 0 Å². The van der Waals surface area contributed by atoms with Crippen LogP contribution in [0, 0.1) is 0 Å². The molecule has 7 heteroatoms. The number of oxazole rings is 1. The van der Waals surface area contributed by atoms with Crippen molar-refractivity contribution in [3.63, 3.8) is 0 Å². The number of aliphatic imine (C=N–C) groups is 1. The second kappa shape index (κ2) is 8.54. The van der Waals surface area contributed by atoms with E-state index in [1.54, 1.807) is 6.20 Å². The van der Waals surface area contributed by atoms with Crippen LogP contribution in [0.25, 0.3) is 0 Å². The monoisotopic (exact) mass is 386 g/mol. The number of ether oxygens (including phenoxy) is 2. The number of benzene rings is 1. The first-order valence-electron chi connectivity index (χ1n) is 9.70. The molecule has 3 rings (SSSR count). The van der Waals surface area contributed by atoms with Gasteiger partial charge in [-0.15, -0.1) is 0 Å². The fourth-order valence-corrected chi connectivity index (χ4v) is 2.88. The third-order valence-corrected chi connectivity index (χ3v) is 4.38. The molecule has 0 atom stereocenters. The highest BCUT2D eigenvalue weighted by atomic mass is 16.6. The summed E-state index contributed by atoms with van der Waals surface area (Å²) in [6.07, 6.45) is 1.79. The molecule has 28 heavy (non-hydrogen) atoms. The van der Waals surface area contributed by atoms with Crippen molar-refractivity contribution in [3.8, 4) is 11.5 Å². The molecule has 0 saturated carbocycles. The molecule has 1 aliphatic heterocycles. The largest absolute Gasteiger partial charge is 0.486 e. The quantitative estimate of drug-likeness (QED) is 0.628. The minimum Gasteiger partial charge on any atom is -0.486 e. The van der Waals surface area contributed by atoms with Crippen LogP contribution < -0.4 is 14.8 Å². The summed E-state index contributed by atoms with van der Waals surface area (Å²) in [5.74, 6) is 3.89. The van der Waals surface area contributed by atoms with Crippen molar-refractivity contribution < 1.29 is 13.9 Å². The number of hydrogen-bond acceptors (Lipinski definition) is 5. The zero-order chi connectivity index (χ0) is 20.1. The van der Waals surface area contributed by atoms with Gasteiger partial charge >= 0.3 is 0 Å². The molecular formula is C21H30N4O3. The van der Waals surface area contributed by atoms with Crippen LogP contribution in [0.1, 0.15) is 44.9 Å². The van der Waals surface area contributed by atoms with Gasteiger partial charge in [-0.1, -0.05) is 26.8 Å². The zero-order valence-corrected chi connectivity index (χ0v) is 17.4. The van der Waals surface area contributed by atoms with Gasteiger partial charge in [-0.05, 0) is 24.6 Å². The summed E-state index contributed by atoms with van der Waals surface area (Å²) in [6, 6.07) is 6.04. The molecule has 0 fully saturated rings. The molecule has 0 saturated heterocycles. The van der Waals surface area contributed by atoms with Gasteiger partial charge in [0, 0.05) is 25.6 Å². The van der Waals surface area contributed by atoms with Gasteiger partial charge in [-0.25, -0.2) is 9.98 Å². The van der Waals surface area contributed by atoms with Gasteiger partial charge < -0.3 is 24.1 Å². The van der Waals surface area contributed by atoms with E-state index in [4.69, 9.17) is 13.9 Å². The van der Waals surface area contributed by atoms with Gasteiger partial charge in [0.2, 0.25) is 5.89 Å². The number of nitrogens with one attached hydrogen (secondary N) is 1. The molecule has 1 aromatic carbocycles. The standard InChI is InChI=1S/C21H30N4O3/c1-6-22-20(24-13-19-23-12-18(28-19)21(2,3)4)25(5)14-15-7-8-16-17(11-15)27-10-9-26-16/h7-8,11-12H,6,9-10,13-14H2,1-5H3,(H,22,24). The molecule has 7 nitrogen and oxygen atoms in total. The molecule has 152 valence electrons. The van der Waals surface area contributed by atoms with Gasteiger partial charge in [-0.2, -0.15) is 0 Å². The Hall–Kier alpha value is -2.70. The Kier molecular flexibility index (Phi) is 6.11. The average molecular weight is 386 g/mol. The highest BCUT2D eigenvalue weighted by molar-refractivity contribution is 5.79. The maximum absolute atomic E-state index is 5.84. The SMILES string of the molecule is CCNC(=NCc1ncc(C(C)(C)C)o1)N(C)Cc1ccc2c(c1)OCCO2. The van der Waals surface area contributed by atoms with Crippen molar-refractivity contribution in [2.75, 3.05) is 26.8 Å². The molecule has 1 aromatic heterocycles. The Balaban J connectivity index is 1.68. The molecule has 2 heterocycles. The second-order valence-electron chi connectivity index (χ2n) is 7.87. The van der Waals surface area contributed by atoms with Crippen molar-refractivity contribution in [3.05, 3.63) is 41.6 Å². The lowest BCUT2D eigenvalue weighted by molar-refractivity contribution is 0.171. The van der Waals surface area contributed by atoms with Crippen LogP contribution in [-0.2, 0) is 18.5 Å². The van der Waals surface area contributed by atoms with Crippen molar-refractivity contribution in [2.45, 2.75) is 46.2 Å². The van der Waals surface area contributed by atoms with E-state index >= 15 is 0 Å². The number of guanidine groups is 1. The molecule has 1 aliphatic rings. The lowest BCUT2D eigenvalue weighted by Gasteiger charge is -2.23. The first kappa shape index (κ1) is 20.0. The molecule has 0 spiro atoms. The summed E-state index contributed by atoms with van der Waals surface area (Å²) < 4.78 is 17.1. The summed E-state index contributed by atoms with van der Waals surface area (Å²) in [6.45, 7) is 11.4. The van der Waals surface area contributed by atoms with Crippen molar-refractivity contribution in [1.29, 1.82) is 0 Å². The van der Waals surface area contributed by atoms with E-state index in [1.165, 1.54) is 0 Å². The Labute approximate surface area is 166 Å². The van der Waals surface area contributed by atoms with Gasteiger partial charge in [0.05, 0.1) is 6.20 Å². The highest BCUT2D eigenvalue weighted by Crippen LogP contribution is 2.31. The fourth-order valence-electron chi connectivity index (χ4n) is 2.88. The minimum atomic E-state index is -0.0610. The molecule has 0 amide bonds. The lowest BCUT2D eigenvalue weighted by atomic mass is 9.94. The number of rotatable bonds is 5. The Bertz CT molecular complexity index is 823. The van der Waals surface area contributed by atoms with Crippen LogP contribution in [0.15, 0.2) is 33.8 Å². The van der Waals surface area contributed by atoms with Crippen molar-refractivity contribution >= 4 is 5.96 Å². The van der Waals surface area contributed by atoms with E-state index < -0.39 is 0 Å². The Morgan fingerprint density at radius 2 is 1.96 bits per heavy atom. The van der Waals surface area contributed by atoms with Crippen LogP contribution in [0.4, 0.5) is 0 Å². The van der Waals surface area contributed by atoms with Crippen LogP contribution in [0.3, 0.4) is 0 Å². The smallest absolute Gasteiger partial charge is 0.216 e. The predicted molar refractivity (Wildman–Crippen MR) is 109 cm³/mol. The summed E-state index contributed by atoms with van der Waals surface area (Å²) >= 11 is 0. The van der Waals surface area contributed by atoms with Crippen LogP contribution in [0.2, 0.25) is 0 Å². The number of aromatic nitrogens is 1. The van der Waals surface area contributed by atoms with Gasteiger partial charge in [-0.3, -0.25) is 0 Å². The summed E-state index contributed by atoms with van der Waals surface area (Å²) in [7, 11) is 2.01. The maximum Gasteiger partial charge on any atom is 0.216 e. The highest BCUT2D eigenvalue weighted by Gasteiger charge is 2.19. The number of nitrogens with zero attached hydrogens (tertiary/aromatic N) is 3. The average Bonchev–Trinajstić information content (AvgIpc) is 3.14. The maximum atomic E-state index is 5.84. The molecule has 1 N–H and O–H groups in total. The van der Waals surface area contributed by atoms with Crippen molar-refractivity contribution in [2.24, 2.45) is 4.99 Å². The predicted octanol–water partition coefficient (Wildman–Crippen LogP) is 3.34. The first-order valence-corrected chi connectivity index (χ1v) is 9.70. The third-order valence-electron chi connectivity index (χ3n) is 4.38. The second-order valence-corrected chi connectivity index (χ2v) is 7.87. The summed E-state index contributed by atoms with van der Waals surface area (Å²) in [4.78, 5) is 11.1. The van der Waals surface area contributed by atoms with E-state index in [2.05, 4.69) is 54.0 Å². The minimum absolute atomic E-state index is 0.0610. The topological polar surface area (TPSA) is 72.1 Å². The molecule has 2 aromatic rings. The van der Waals surface area contributed by atoms with Crippen LogP contribution in [-0.4, -0.2) is 42.6 Å². The fraction of sp³-hybridized carbons (Fsp3) is 0.524. The Morgan fingerprint density at radius 1 is 1.21 bits per heavy atom. The zero-order valence-electron chi connectivity index (χ0n) is 17.4. The van der Waals surface area contributed by atoms with E-state index in [1.807, 2.05) is 19.2 Å². The van der Waals surface area contributed by atoms with E-state index in [0.717, 1.165) is 35.3 Å². The first-order chi connectivity index (χ1) is 13.4. The summed E-state index contributed by atoms with van der Waals surface area (Å²) in [5.41, 5.74) is 1.07. The van der Waals surface area contributed by atoms with Gasteiger partial charge in [0.25, 0.3) is 0 Å². The number of fused-ring (bicyclic) bond motifs is 1. The molecule has 0 unspecified atom stereocenters. The Morgan fingerprint density at radius 3 is 2.64 bits per heavy atom. The molecular weight excluding hydrogens is 356 g/mol. The lowest BCUT2D eigenvalue weighted by Crippen LogP contribution is -2.38. The van der Waals surface area contributed by atoms with E-state index in [9.17, 15) is 0 Å². The van der Waals surface area contributed by atoms with Gasteiger partial charge in [0.15, 0.2) is 17.5 Å². The van der Waals surface area contributed by atoms with E-state index in [0.29, 0.717) is 32.2 Å². The molecule has 0 bridgehead atoms. The van der Waals surface area contributed by atoms with Crippen molar-refractivity contribution in [1.82, 2.24) is 15.2 Å². The molecule has 0 radical (unpaired) electrons. The van der Waals surface area contributed by atoms with E-state index in [-0.39, 0.29) is 5.41 Å². The van der Waals surface area contributed by atoms with Gasteiger partial charge in [0.1, 0.15) is 25.5 Å². The third kappa shape index (κ3) is 4.97. The molecule has 0 aliphatic carbocycles. The normalized spacial score (nSPS) is 14.1.